The summed E-state index contributed by atoms with van der Waals surface area (Å²) in [7, 11) is 2.05. The molecule has 5 rings (SSSR count). The van der Waals surface area contributed by atoms with E-state index in [0.29, 0.717) is 23.4 Å². The molecule has 0 spiro atoms. The Kier molecular flexibility index (Phi) is 8.55. The lowest BCUT2D eigenvalue weighted by Gasteiger charge is -2.28. The van der Waals surface area contributed by atoms with Crippen molar-refractivity contribution in [2.45, 2.75) is 19.3 Å². The second-order valence-corrected chi connectivity index (χ2v) is 10.1. The Bertz CT molecular complexity index is 1450. The van der Waals surface area contributed by atoms with Crippen molar-refractivity contribution in [2.75, 3.05) is 38.1 Å². The Morgan fingerprint density at radius 3 is 1.98 bits per heavy atom. The van der Waals surface area contributed by atoms with E-state index < -0.39 is 17.7 Å². The molecule has 3 N–H and O–H groups in total. The molecular weight excluding hydrogens is 520 g/mol. The summed E-state index contributed by atoms with van der Waals surface area (Å²) in [5.41, 5.74) is 5.91. The summed E-state index contributed by atoms with van der Waals surface area (Å²) in [5, 5.41) is 22.2. The maximum absolute atomic E-state index is 12.6. The number of carbonyl (C=O) groups is 2. The van der Waals surface area contributed by atoms with Gasteiger partial charge in [0.15, 0.2) is 0 Å². The first-order chi connectivity index (χ1) is 19.9. The second-order valence-electron chi connectivity index (χ2n) is 10.1. The van der Waals surface area contributed by atoms with Crippen LogP contribution in [-0.2, 0) is 12.8 Å². The lowest BCUT2D eigenvalue weighted by Crippen LogP contribution is -2.34. The van der Waals surface area contributed by atoms with Crippen molar-refractivity contribution < 1.29 is 24.6 Å². The summed E-state index contributed by atoms with van der Waals surface area (Å²) in [6.45, 7) is 2.98. The van der Waals surface area contributed by atoms with Crippen LogP contribution in [0.4, 0.5) is 11.4 Å². The zero-order chi connectivity index (χ0) is 28.8. The third-order valence-electron chi connectivity index (χ3n) is 7.28. The number of hydrogen-bond donors (Lipinski definition) is 3. The molecule has 9 nitrogen and oxygen atoms in total. The topological polar surface area (TPSA) is 107 Å². The molecule has 3 aromatic carbocycles. The van der Waals surface area contributed by atoms with Gasteiger partial charge in [-0.05, 0) is 80.4 Å². The summed E-state index contributed by atoms with van der Waals surface area (Å²) in [6, 6.07) is 25.7. The largest absolute Gasteiger partial charge is 0.492 e. The number of aryl methyl sites for hydroxylation is 2. The SMILES string of the molecule is CN(CCCN1c2ccccc2CCc2ccccc21)CCNC(=O)c1ccc(C(=O)On2c(O)ccc2O)cc1. The molecule has 2 heterocycles. The fraction of sp³-hybridized carbons (Fsp3) is 0.250. The van der Waals surface area contributed by atoms with E-state index in [1.54, 1.807) is 0 Å². The highest BCUT2D eigenvalue weighted by atomic mass is 16.7. The normalized spacial score (nSPS) is 12.4. The van der Waals surface area contributed by atoms with Gasteiger partial charge in [0, 0.05) is 48.7 Å². The van der Waals surface area contributed by atoms with Gasteiger partial charge >= 0.3 is 5.97 Å². The first-order valence-corrected chi connectivity index (χ1v) is 13.7. The number of aromatic hydroxyl groups is 2. The number of nitrogens with one attached hydrogen (secondary N) is 1. The van der Waals surface area contributed by atoms with Gasteiger partial charge in [-0.2, -0.15) is 0 Å². The maximum atomic E-state index is 12.6. The highest BCUT2D eigenvalue weighted by molar-refractivity contribution is 5.96. The quantitative estimate of drug-likeness (QED) is 0.270. The van der Waals surface area contributed by atoms with Crippen molar-refractivity contribution in [1.82, 2.24) is 14.9 Å². The molecule has 212 valence electrons. The van der Waals surface area contributed by atoms with Crippen LogP contribution in [0, 0.1) is 0 Å². The van der Waals surface area contributed by atoms with E-state index in [1.165, 1.54) is 58.9 Å². The summed E-state index contributed by atoms with van der Waals surface area (Å²) < 4.78 is 0.616. The highest BCUT2D eigenvalue weighted by Crippen LogP contribution is 2.35. The van der Waals surface area contributed by atoms with E-state index in [2.05, 4.69) is 70.7 Å². The minimum absolute atomic E-state index is 0.170. The second kappa shape index (κ2) is 12.6. The van der Waals surface area contributed by atoms with Gasteiger partial charge in [-0.3, -0.25) is 4.79 Å². The number of hydrogen-bond acceptors (Lipinski definition) is 7. The van der Waals surface area contributed by atoms with E-state index >= 15 is 0 Å². The van der Waals surface area contributed by atoms with Crippen molar-refractivity contribution in [1.29, 1.82) is 0 Å². The van der Waals surface area contributed by atoms with E-state index in [0.717, 1.165) is 32.4 Å². The molecule has 1 aliphatic rings. The monoisotopic (exact) mass is 554 g/mol. The Balaban J connectivity index is 1.08. The van der Waals surface area contributed by atoms with Crippen LogP contribution in [-0.4, -0.2) is 64.9 Å². The predicted molar refractivity (Wildman–Crippen MR) is 157 cm³/mol. The molecular formula is C32H34N4O5. The third-order valence-corrected chi connectivity index (χ3v) is 7.28. The molecule has 1 aromatic heterocycles. The number of para-hydroxylation sites is 2. The summed E-state index contributed by atoms with van der Waals surface area (Å²) in [4.78, 5) is 34.5. The number of fused-ring (bicyclic) bond motifs is 2. The fourth-order valence-corrected chi connectivity index (χ4v) is 5.07. The van der Waals surface area contributed by atoms with Gasteiger partial charge in [0.2, 0.25) is 11.8 Å². The Hall–Kier alpha value is -4.76. The molecule has 0 saturated heterocycles. The Morgan fingerprint density at radius 1 is 0.805 bits per heavy atom. The van der Waals surface area contributed by atoms with Crippen molar-refractivity contribution in [3.63, 3.8) is 0 Å². The molecule has 1 aliphatic heterocycles. The molecule has 0 radical (unpaired) electrons. The molecule has 4 aromatic rings. The van der Waals surface area contributed by atoms with Crippen LogP contribution >= 0.6 is 0 Å². The maximum Gasteiger partial charge on any atom is 0.363 e. The van der Waals surface area contributed by atoms with Crippen LogP contribution in [0.2, 0.25) is 0 Å². The average Bonchev–Trinajstić information content (AvgIpc) is 3.21. The Labute approximate surface area is 239 Å². The summed E-state index contributed by atoms with van der Waals surface area (Å²) in [5.74, 6) is -1.84. The van der Waals surface area contributed by atoms with E-state index in [1.807, 2.05) is 0 Å². The first kappa shape index (κ1) is 27.8. The number of likely N-dealkylation sites (N-methyl/N-ethyl adjacent to an activating group) is 1. The summed E-state index contributed by atoms with van der Waals surface area (Å²) in [6.07, 6.45) is 3.06. The molecule has 41 heavy (non-hydrogen) atoms. The number of benzene rings is 3. The highest BCUT2D eigenvalue weighted by Gasteiger charge is 2.20. The average molecular weight is 555 g/mol. The van der Waals surface area contributed by atoms with Crippen LogP contribution in [0.1, 0.15) is 38.3 Å². The van der Waals surface area contributed by atoms with Crippen LogP contribution in [0.25, 0.3) is 0 Å². The van der Waals surface area contributed by atoms with Gasteiger partial charge in [-0.1, -0.05) is 36.4 Å². The smallest absolute Gasteiger partial charge is 0.363 e. The molecule has 0 saturated carbocycles. The Morgan fingerprint density at radius 2 is 1.37 bits per heavy atom. The first-order valence-electron chi connectivity index (χ1n) is 13.7. The molecule has 0 aliphatic carbocycles. The standard InChI is InChI=1S/C32H34N4O5/c1-34(20-6-21-35-27-9-4-2-7-23(27)11-12-24-8-3-5-10-28(24)35)22-19-33-31(39)25-13-15-26(16-14-25)32(40)41-36-29(37)17-18-30(36)38/h2-5,7-10,13-18,37-38H,6,11-12,19-22H2,1H3,(H,33,39). The number of nitrogens with zero attached hydrogens (tertiary/aromatic N) is 3. The van der Waals surface area contributed by atoms with Crippen molar-refractivity contribution in [2.24, 2.45) is 0 Å². The van der Waals surface area contributed by atoms with Gasteiger partial charge < -0.3 is 30.2 Å². The molecule has 0 bridgehead atoms. The zero-order valence-corrected chi connectivity index (χ0v) is 23.0. The van der Waals surface area contributed by atoms with Crippen molar-refractivity contribution in [3.05, 3.63) is 107 Å². The van der Waals surface area contributed by atoms with Crippen LogP contribution in [0.15, 0.2) is 84.9 Å². The summed E-state index contributed by atoms with van der Waals surface area (Å²) >= 11 is 0. The number of anilines is 2. The van der Waals surface area contributed by atoms with Crippen molar-refractivity contribution >= 4 is 23.3 Å². The number of rotatable bonds is 10. The lowest BCUT2D eigenvalue weighted by molar-refractivity contribution is 0.0381. The molecule has 1 amide bonds. The third kappa shape index (κ3) is 6.53. The van der Waals surface area contributed by atoms with E-state index in [9.17, 15) is 19.8 Å². The number of aromatic nitrogens is 1. The molecule has 0 fully saturated rings. The van der Waals surface area contributed by atoms with Gasteiger partial charge in [0.1, 0.15) is 0 Å². The van der Waals surface area contributed by atoms with Gasteiger partial charge in [-0.25, -0.2) is 4.79 Å². The minimum atomic E-state index is -0.785. The van der Waals surface area contributed by atoms with E-state index in [-0.39, 0.29) is 11.5 Å². The number of amides is 1. The fourth-order valence-electron chi connectivity index (χ4n) is 5.07. The lowest BCUT2D eigenvalue weighted by atomic mass is 10.0. The van der Waals surface area contributed by atoms with Crippen LogP contribution in [0.3, 0.4) is 0 Å². The van der Waals surface area contributed by atoms with Gasteiger partial charge in [0.25, 0.3) is 5.91 Å². The van der Waals surface area contributed by atoms with Gasteiger partial charge in [0.05, 0.1) is 5.56 Å². The molecule has 0 unspecified atom stereocenters. The van der Waals surface area contributed by atoms with Crippen molar-refractivity contribution in [3.8, 4) is 11.8 Å². The number of carbonyl (C=O) groups excluding carboxylic acids is 2. The predicted octanol–water partition coefficient (Wildman–Crippen LogP) is 4.16. The van der Waals surface area contributed by atoms with E-state index in [4.69, 9.17) is 4.84 Å². The minimum Gasteiger partial charge on any atom is -0.492 e. The molecule has 9 heteroatoms. The zero-order valence-electron chi connectivity index (χ0n) is 23.0. The molecule has 0 atom stereocenters. The van der Waals surface area contributed by atoms with Gasteiger partial charge in [-0.15, -0.1) is 4.73 Å². The van der Waals surface area contributed by atoms with Crippen LogP contribution < -0.4 is 15.1 Å². The van der Waals surface area contributed by atoms with Crippen LogP contribution in [0.5, 0.6) is 11.8 Å².